The van der Waals surface area contributed by atoms with Crippen LogP contribution < -0.4 is 14.2 Å². The molecular weight excluding hydrogens is 518 g/mol. The Morgan fingerprint density at radius 2 is 1.95 bits per heavy atom. The Morgan fingerprint density at radius 3 is 2.69 bits per heavy atom. The number of aryl methyl sites for hydroxylation is 2. The first kappa shape index (κ1) is 26.6. The van der Waals surface area contributed by atoms with E-state index in [2.05, 4.69) is 14.7 Å². The number of fused-ring (bicyclic) bond motifs is 1. The van der Waals surface area contributed by atoms with E-state index < -0.39 is 21.5 Å². The number of rotatable bonds is 8. The Hall–Kier alpha value is -4.02. The molecule has 2 aromatic heterocycles. The normalized spacial score (nSPS) is 17.2. The lowest BCUT2D eigenvalue weighted by Crippen LogP contribution is -2.46. The van der Waals surface area contributed by atoms with Gasteiger partial charge >= 0.3 is 0 Å². The third kappa shape index (κ3) is 5.05. The number of nitrogens with one attached hydrogen (secondary N) is 1. The molecule has 1 unspecified atom stereocenters. The van der Waals surface area contributed by atoms with Gasteiger partial charge in [0.05, 0.1) is 17.5 Å². The van der Waals surface area contributed by atoms with Crippen LogP contribution in [0, 0.1) is 6.92 Å². The number of amides is 1. The zero-order valence-corrected chi connectivity index (χ0v) is 22.7. The van der Waals surface area contributed by atoms with Crippen LogP contribution in [-0.2, 0) is 31.6 Å². The van der Waals surface area contributed by atoms with E-state index >= 15 is 0 Å². The third-order valence-electron chi connectivity index (χ3n) is 6.77. The van der Waals surface area contributed by atoms with Crippen molar-refractivity contribution in [3.8, 4) is 17.4 Å². The van der Waals surface area contributed by atoms with Gasteiger partial charge in [-0.25, -0.2) is 18.1 Å². The second-order valence-electron chi connectivity index (χ2n) is 9.29. The van der Waals surface area contributed by atoms with Crippen molar-refractivity contribution in [1.82, 2.24) is 14.7 Å². The van der Waals surface area contributed by atoms with Crippen molar-refractivity contribution >= 4 is 26.8 Å². The lowest BCUT2D eigenvalue weighted by molar-refractivity contribution is -0.140. The van der Waals surface area contributed by atoms with Crippen molar-refractivity contribution in [2.24, 2.45) is 0 Å². The first-order valence-corrected chi connectivity index (χ1v) is 14.1. The van der Waals surface area contributed by atoms with Crippen LogP contribution in [0.3, 0.4) is 0 Å². The van der Waals surface area contributed by atoms with Crippen molar-refractivity contribution in [3.63, 3.8) is 0 Å². The molecule has 1 amide bonds. The topological polar surface area (TPSA) is 117 Å². The number of hydrogen-bond acceptors (Lipinski definition) is 8. The van der Waals surface area contributed by atoms with E-state index in [0.29, 0.717) is 40.8 Å². The highest BCUT2D eigenvalue weighted by Crippen LogP contribution is 2.44. The second kappa shape index (κ2) is 10.6. The number of carbonyl (C=O) groups is 1. The summed E-state index contributed by atoms with van der Waals surface area (Å²) in [5.74, 6) is 0.188. The molecule has 5 rings (SSSR count). The van der Waals surface area contributed by atoms with Crippen LogP contribution in [0.5, 0.6) is 17.4 Å². The maximum atomic E-state index is 14.0. The summed E-state index contributed by atoms with van der Waals surface area (Å²) in [6, 6.07) is 17.1. The number of pyridine rings is 2. The fourth-order valence-electron chi connectivity index (χ4n) is 4.80. The highest BCUT2D eigenvalue weighted by atomic mass is 32.2. The highest BCUT2D eigenvalue weighted by Gasteiger charge is 2.48. The van der Waals surface area contributed by atoms with Gasteiger partial charge in [0.1, 0.15) is 5.75 Å². The maximum absolute atomic E-state index is 14.0. The van der Waals surface area contributed by atoms with Gasteiger partial charge in [-0.15, -0.1) is 0 Å². The molecule has 0 aliphatic carbocycles. The number of aromatic nitrogens is 2. The lowest BCUT2D eigenvalue weighted by Gasteiger charge is -2.29. The number of methoxy groups -OCH3 is 1. The summed E-state index contributed by atoms with van der Waals surface area (Å²) in [6.45, 7) is 4.11. The van der Waals surface area contributed by atoms with Gasteiger partial charge in [0.2, 0.25) is 0 Å². The quantitative estimate of drug-likeness (QED) is 0.334. The highest BCUT2D eigenvalue weighted by molar-refractivity contribution is 7.90. The molecule has 0 saturated carbocycles. The predicted octanol–water partition coefficient (Wildman–Crippen LogP) is 4.81. The van der Waals surface area contributed by atoms with Gasteiger partial charge in [-0.05, 0) is 80.3 Å². The Bertz CT molecular complexity index is 1650. The zero-order valence-electron chi connectivity index (χ0n) is 21.9. The predicted molar refractivity (Wildman–Crippen MR) is 145 cm³/mol. The van der Waals surface area contributed by atoms with Crippen LogP contribution >= 0.6 is 0 Å². The van der Waals surface area contributed by atoms with E-state index in [1.54, 1.807) is 48.7 Å². The molecule has 4 aromatic rings. The SMILES string of the molecule is CCc1ccc(Oc2cccnc2OC)c(C2(C(=O)NS(=O)(=O)c3cccc4nc(C)ccc34)CCCO2)c1. The van der Waals surface area contributed by atoms with E-state index in [0.717, 1.165) is 11.3 Å². The number of nitrogens with zero attached hydrogens (tertiary/aromatic N) is 2. The van der Waals surface area contributed by atoms with E-state index in [4.69, 9.17) is 14.2 Å². The van der Waals surface area contributed by atoms with E-state index in [1.807, 2.05) is 26.0 Å². The van der Waals surface area contributed by atoms with Gasteiger partial charge in [-0.3, -0.25) is 9.78 Å². The van der Waals surface area contributed by atoms with Gasteiger partial charge < -0.3 is 14.2 Å². The number of benzene rings is 2. The summed E-state index contributed by atoms with van der Waals surface area (Å²) >= 11 is 0. The molecule has 1 N–H and O–H groups in total. The molecule has 3 heterocycles. The van der Waals surface area contributed by atoms with Crippen molar-refractivity contribution in [3.05, 3.63) is 83.7 Å². The molecule has 1 aliphatic heterocycles. The van der Waals surface area contributed by atoms with Crippen LogP contribution in [0.1, 0.15) is 36.6 Å². The molecule has 10 heteroatoms. The molecule has 0 radical (unpaired) electrons. The standard InChI is InChI=1S/C29H29N3O6S/c1-4-20-12-14-24(38-25-9-6-16-30-27(25)36-3)22(18-20)29(15-7-17-37-29)28(33)32-39(34,35)26-10-5-8-23-21(26)13-11-19(2)31-23/h5-6,8-14,16,18H,4,7,15,17H2,1-3H3,(H,32,33). The molecule has 1 fully saturated rings. The van der Waals surface area contributed by atoms with Crippen LogP contribution in [0.4, 0.5) is 0 Å². The number of carbonyl (C=O) groups excluding carboxylic acids is 1. The van der Waals surface area contributed by atoms with Crippen LogP contribution in [0.15, 0.2) is 71.8 Å². The Kier molecular flexibility index (Phi) is 7.24. The van der Waals surface area contributed by atoms with Crippen LogP contribution in [0.25, 0.3) is 10.9 Å². The molecule has 0 spiro atoms. The van der Waals surface area contributed by atoms with Crippen molar-refractivity contribution in [2.75, 3.05) is 13.7 Å². The van der Waals surface area contributed by atoms with Crippen molar-refractivity contribution in [1.29, 1.82) is 0 Å². The fourth-order valence-corrected chi connectivity index (χ4v) is 6.04. The summed E-state index contributed by atoms with van der Waals surface area (Å²) in [4.78, 5) is 22.5. The second-order valence-corrected chi connectivity index (χ2v) is 10.9. The van der Waals surface area contributed by atoms with E-state index in [9.17, 15) is 13.2 Å². The molecule has 202 valence electrons. The number of hydrogen-bond donors (Lipinski definition) is 1. The van der Waals surface area contributed by atoms with Gasteiger partial charge in [0.25, 0.3) is 21.8 Å². The molecule has 0 bridgehead atoms. The molecule has 1 aliphatic rings. The summed E-state index contributed by atoms with van der Waals surface area (Å²) in [5.41, 5.74) is 1.08. The Labute approximate surface area is 227 Å². The maximum Gasteiger partial charge on any atom is 0.270 e. The van der Waals surface area contributed by atoms with Crippen molar-refractivity contribution < 1.29 is 27.4 Å². The van der Waals surface area contributed by atoms with E-state index in [1.165, 1.54) is 13.2 Å². The summed E-state index contributed by atoms with van der Waals surface area (Å²) < 4.78 is 47.1. The van der Waals surface area contributed by atoms with Gasteiger partial charge in [0, 0.05) is 29.4 Å². The average Bonchev–Trinajstić information content (AvgIpc) is 3.44. The summed E-state index contributed by atoms with van der Waals surface area (Å²) in [7, 11) is -2.78. The molecular formula is C29H29N3O6S. The van der Waals surface area contributed by atoms with Crippen molar-refractivity contribution in [2.45, 2.75) is 43.6 Å². The van der Waals surface area contributed by atoms with E-state index in [-0.39, 0.29) is 23.8 Å². The Balaban J connectivity index is 1.57. The fraction of sp³-hybridized carbons (Fsp3) is 0.276. The first-order valence-electron chi connectivity index (χ1n) is 12.7. The number of ether oxygens (including phenoxy) is 3. The molecule has 2 aromatic carbocycles. The minimum Gasteiger partial charge on any atom is -0.478 e. The monoisotopic (exact) mass is 547 g/mol. The molecule has 9 nitrogen and oxygen atoms in total. The van der Waals surface area contributed by atoms with Gasteiger partial charge in [0.15, 0.2) is 11.4 Å². The third-order valence-corrected chi connectivity index (χ3v) is 8.16. The number of sulfonamides is 1. The average molecular weight is 548 g/mol. The largest absolute Gasteiger partial charge is 0.478 e. The smallest absolute Gasteiger partial charge is 0.270 e. The zero-order chi connectivity index (χ0) is 27.6. The van der Waals surface area contributed by atoms with Gasteiger partial charge in [-0.2, -0.15) is 0 Å². The summed E-state index contributed by atoms with van der Waals surface area (Å²) in [6.07, 6.45) is 3.12. The minimum atomic E-state index is -4.27. The van der Waals surface area contributed by atoms with Crippen LogP contribution in [0.2, 0.25) is 0 Å². The first-order chi connectivity index (χ1) is 18.8. The van der Waals surface area contributed by atoms with Crippen LogP contribution in [-0.4, -0.2) is 38.0 Å². The minimum absolute atomic E-state index is 0.0344. The summed E-state index contributed by atoms with van der Waals surface area (Å²) in [5, 5.41) is 0.422. The van der Waals surface area contributed by atoms with Gasteiger partial charge in [-0.1, -0.05) is 19.1 Å². The lowest BCUT2D eigenvalue weighted by atomic mass is 9.88. The molecule has 39 heavy (non-hydrogen) atoms. The molecule has 1 saturated heterocycles. The Morgan fingerprint density at radius 1 is 1.10 bits per heavy atom. The molecule has 1 atom stereocenters.